The molecule has 0 radical (unpaired) electrons. The Morgan fingerprint density at radius 2 is 1.67 bits per heavy atom. The molecule has 2 amide bonds. The van der Waals surface area contributed by atoms with Gasteiger partial charge in [0.1, 0.15) is 5.60 Å². The predicted molar refractivity (Wildman–Crippen MR) is 108 cm³/mol. The summed E-state index contributed by atoms with van der Waals surface area (Å²) in [6.45, 7) is 5.77. The lowest BCUT2D eigenvalue weighted by Crippen LogP contribution is -2.36. The van der Waals surface area contributed by atoms with Crippen LogP contribution in [0.1, 0.15) is 56.8 Å². The van der Waals surface area contributed by atoms with Gasteiger partial charge in [0.05, 0.1) is 25.6 Å². The van der Waals surface area contributed by atoms with Gasteiger partial charge in [-0.25, -0.2) is 9.59 Å². The fourth-order valence-electron chi connectivity index (χ4n) is 2.27. The van der Waals surface area contributed by atoms with E-state index in [0.717, 1.165) is 5.06 Å². The van der Waals surface area contributed by atoms with E-state index in [-0.39, 0.29) is 19.4 Å². The van der Waals surface area contributed by atoms with Crippen molar-refractivity contribution in [2.75, 3.05) is 20.2 Å². The van der Waals surface area contributed by atoms with E-state index in [1.807, 2.05) is 0 Å². The standard InChI is InChI=1S/C21H30N2O7/c1-21(2,3)29-20(27)22-14-8-9-15-23(17(24)12-13-18(25)28-4)30-19(26)16-10-6-5-7-11-16/h5-7,10-11H,8-9,12-15H2,1-4H3,(H,22,27). The van der Waals surface area contributed by atoms with Crippen molar-refractivity contribution in [2.45, 2.75) is 52.1 Å². The van der Waals surface area contributed by atoms with Crippen LogP contribution < -0.4 is 5.32 Å². The second-order valence-electron chi connectivity index (χ2n) is 7.45. The van der Waals surface area contributed by atoms with Crippen molar-refractivity contribution in [2.24, 2.45) is 0 Å². The number of carbonyl (C=O) groups is 4. The summed E-state index contributed by atoms with van der Waals surface area (Å²) in [7, 11) is 1.23. The minimum absolute atomic E-state index is 0.116. The average Bonchev–Trinajstić information content (AvgIpc) is 2.69. The first kappa shape index (κ1) is 24.9. The summed E-state index contributed by atoms with van der Waals surface area (Å²) in [4.78, 5) is 52.9. The van der Waals surface area contributed by atoms with Gasteiger partial charge in [-0.05, 0) is 45.7 Å². The highest BCUT2D eigenvalue weighted by Crippen LogP contribution is 2.09. The van der Waals surface area contributed by atoms with Crippen molar-refractivity contribution in [3.8, 4) is 0 Å². The Bertz CT molecular complexity index is 714. The van der Waals surface area contributed by atoms with Gasteiger partial charge in [0.2, 0.25) is 0 Å². The number of ether oxygens (including phenoxy) is 2. The van der Waals surface area contributed by atoms with Crippen molar-refractivity contribution >= 4 is 23.9 Å². The molecule has 0 aromatic heterocycles. The van der Waals surface area contributed by atoms with E-state index >= 15 is 0 Å². The Morgan fingerprint density at radius 1 is 1.00 bits per heavy atom. The molecule has 166 valence electrons. The van der Waals surface area contributed by atoms with Crippen molar-refractivity contribution in [1.82, 2.24) is 10.4 Å². The predicted octanol–water partition coefficient (Wildman–Crippen LogP) is 2.85. The molecule has 9 heteroatoms. The van der Waals surface area contributed by atoms with Gasteiger partial charge >= 0.3 is 18.0 Å². The Labute approximate surface area is 176 Å². The van der Waals surface area contributed by atoms with E-state index in [1.165, 1.54) is 7.11 Å². The second-order valence-corrected chi connectivity index (χ2v) is 7.45. The summed E-state index contributed by atoms with van der Waals surface area (Å²) in [6.07, 6.45) is 0.203. The highest BCUT2D eigenvalue weighted by atomic mass is 16.7. The average molecular weight is 422 g/mol. The number of rotatable bonds is 9. The molecule has 1 N–H and O–H groups in total. The van der Waals surface area contributed by atoms with Gasteiger partial charge < -0.3 is 19.6 Å². The lowest BCUT2D eigenvalue weighted by atomic mass is 10.2. The summed E-state index contributed by atoms with van der Waals surface area (Å²) in [5.74, 6) is -1.71. The SMILES string of the molecule is COC(=O)CCC(=O)N(CCCCNC(=O)OC(C)(C)C)OC(=O)c1ccccc1. The highest BCUT2D eigenvalue weighted by Gasteiger charge is 2.21. The molecule has 0 unspecified atom stereocenters. The lowest BCUT2D eigenvalue weighted by Gasteiger charge is -2.21. The first-order valence-corrected chi connectivity index (χ1v) is 9.73. The smallest absolute Gasteiger partial charge is 0.407 e. The maximum Gasteiger partial charge on any atom is 0.407 e. The normalized spacial score (nSPS) is 10.7. The molecule has 0 bridgehead atoms. The molecule has 1 aromatic carbocycles. The van der Waals surface area contributed by atoms with Crippen LogP contribution >= 0.6 is 0 Å². The van der Waals surface area contributed by atoms with Gasteiger partial charge in [0.25, 0.3) is 5.91 Å². The van der Waals surface area contributed by atoms with E-state index in [4.69, 9.17) is 9.57 Å². The fourth-order valence-corrected chi connectivity index (χ4v) is 2.27. The maximum atomic E-state index is 12.4. The van der Waals surface area contributed by atoms with Gasteiger partial charge in [0.15, 0.2) is 0 Å². The van der Waals surface area contributed by atoms with E-state index in [0.29, 0.717) is 24.9 Å². The number of hydroxylamine groups is 2. The van der Waals surface area contributed by atoms with E-state index in [1.54, 1.807) is 51.1 Å². The van der Waals surface area contributed by atoms with Gasteiger partial charge in [-0.15, -0.1) is 0 Å². The van der Waals surface area contributed by atoms with Crippen LogP contribution in [0.15, 0.2) is 30.3 Å². The molecule has 30 heavy (non-hydrogen) atoms. The number of nitrogens with zero attached hydrogens (tertiary/aromatic N) is 1. The summed E-state index contributed by atoms with van der Waals surface area (Å²) < 4.78 is 9.67. The topological polar surface area (TPSA) is 111 Å². The third-order valence-electron chi connectivity index (χ3n) is 3.71. The Morgan fingerprint density at radius 3 is 2.27 bits per heavy atom. The van der Waals surface area contributed by atoms with Crippen LogP contribution in [0.5, 0.6) is 0 Å². The Kier molecular flexibility index (Phi) is 10.4. The maximum absolute atomic E-state index is 12.4. The number of hydrogen-bond donors (Lipinski definition) is 1. The zero-order valence-corrected chi connectivity index (χ0v) is 17.9. The van der Waals surface area contributed by atoms with Crippen molar-refractivity contribution in [1.29, 1.82) is 0 Å². The molecule has 0 aliphatic rings. The van der Waals surface area contributed by atoms with Crippen LogP contribution in [-0.4, -0.2) is 54.8 Å². The summed E-state index contributed by atoms with van der Waals surface area (Å²) in [5.41, 5.74) is -0.284. The van der Waals surface area contributed by atoms with Crippen LogP contribution in [0.3, 0.4) is 0 Å². The third kappa shape index (κ3) is 10.4. The summed E-state index contributed by atoms with van der Waals surface area (Å²) >= 11 is 0. The lowest BCUT2D eigenvalue weighted by molar-refractivity contribution is -0.168. The fraction of sp³-hybridized carbons (Fsp3) is 0.524. The van der Waals surface area contributed by atoms with Crippen LogP contribution in [0.2, 0.25) is 0 Å². The monoisotopic (exact) mass is 422 g/mol. The minimum atomic E-state index is -0.672. The van der Waals surface area contributed by atoms with E-state index in [2.05, 4.69) is 10.1 Å². The van der Waals surface area contributed by atoms with Crippen molar-refractivity contribution in [3.05, 3.63) is 35.9 Å². The van der Waals surface area contributed by atoms with E-state index < -0.39 is 29.5 Å². The first-order chi connectivity index (χ1) is 14.1. The number of carbonyl (C=O) groups excluding carboxylic acids is 4. The number of unbranched alkanes of at least 4 members (excludes halogenated alkanes) is 1. The molecule has 9 nitrogen and oxygen atoms in total. The van der Waals surface area contributed by atoms with Crippen molar-refractivity contribution < 1.29 is 33.5 Å². The van der Waals surface area contributed by atoms with Gasteiger partial charge in [-0.2, -0.15) is 5.06 Å². The number of hydrogen-bond acceptors (Lipinski definition) is 7. The second kappa shape index (κ2) is 12.5. The zero-order chi connectivity index (χ0) is 22.6. The number of nitrogens with one attached hydrogen (secondary N) is 1. The summed E-state index contributed by atoms with van der Waals surface area (Å²) in [6, 6.07) is 8.27. The molecule has 0 heterocycles. The number of methoxy groups -OCH3 is 1. The van der Waals surface area contributed by atoms with Crippen LogP contribution in [-0.2, 0) is 23.9 Å². The molecular weight excluding hydrogens is 392 g/mol. The zero-order valence-electron chi connectivity index (χ0n) is 17.9. The van der Waals surface area contributed by atoms with Gasteiger partial charge in [-0.3, -0.25) is 9.59 Å². The Hall–Kier alpha value is -3.10. The molecule has 1 rings (SSSR count). The molecular formula is C21H30N2O7. The first-order valence-electron chi connectivity index (χ1n) is 9.73. The molecule has 1 aromatic rings. The molecule has 0 fully saturated rings. The molecule has 0 aliphatic heterocycles. The van der Waals surface area contributed by atoms with Crippen LogP contribution in [0.4, 0.5) is 4.79 Å². The molecule has 0 aliphatic carbocycles. The van der Waals surface area contributed by atoms with Crippen molar-refractivity contribution in [3.63, 3.8) is 0 Å². The molecule has 0 spiro atoms. The Balaban J connectivity index is 2.56. The number of esters is 1. The largest absolute Gasteiger partial charge is 0.469 e. The number of amides is 2. The van der Waals surface area contributed by atoms with E-state index in [9.17, 15) is 19.2 Å². The highest BCUT2D eigenvalue weighted by molar-refractivity contribution is 5.90. The molecule has 0 saturated heterocycles. The molecule has 0 saturated carbocycles. The third-order valence-corrected chi connectivity index (χ3v) is 3.71. The van der Waals surface area contributed by atoms with Gasteiger partial charge in [0, 0.05) is 13.0 Å². The minimum Gasteiger partial charge on any atom is -0.469 e. The van der Waals surface area contributed by atoms with Gasteiger partial charge in [-0.1, -0.05) is 18.2 Å². The molecule has 0 atom stereocenters. The quantitative estimate of drug-likeness (QED) is 0.370. The number of benzene rings is 1. The summed E-state index contributed by atoms with van der Waals surface area (Å²) in [5, 5.41) is 3.57. The number of alkyl carbamates (subject to hydrolysis) is 1. The van der Waals surface area contributed by atoms with Crippen LogP contribution in [0.25, 0.3) is 0 Å². The van der Waals surface area contributed by atoms with Crippen LogP contribution in [0, 0.1) is 0 Å².